The lowest BCUT2D eigenvalue weighted by molar-refractivity contribution is -0.151. The Kier molecular flexibility index (Phi) is 6.69. The number of aromatic nitrogens is 1. The quantitative estimate of drug-likeness (QED) is 0.659. The molecule has 0 radical (unpaired) electrons. The smallest absolute Gasteiger partial charge is 0.407 e. The van der Waals surface area contributed by atoms with E-state index < -0.39 is 23.6 Å². The van der Waals surface area contributed by atoms with Crippen molar-refractivity contribution in [2.75, 3.05) is 25.1 Å². The van der Waals surface area contributed by atoms with Gasteiger partial charge in [-0.15, -0.1) is 0 Å². The number of nitrogens with zero attached hydrogens (tertiary/aromatic N) is 2. The molecule has 0 aliphatic heterocycles. The second-order valence-corrected chi connectivity index (χ2v) is 5.98. The van der Waals surface area contributed by atoms with Gasteiger partial charge < -0.3 is 14.8 Å². The van der Waals surface area contributed by atoms with Gasteiger partial charge >= 0.3 is 18.0 Å². The first-order valence-electron chi connectivity index (χ1n) is 7.44. The number of methoxy groups -OCH3 is 1. The van der Waals surface area contributed by atoms with Crippen molar-refractivity contribution in [3.63, 3.8) is 0 Å². The molecule has 0 saturated heterocycles. The number of esters is 1. The van der Waals surface area contributed by atoms with Crippen LogP contribution >= 0.6 is 0 Å². The molecular weight excluding hydrogens is 314 g/mol. The highest BCUT2D eigenvalue weighted by molar-refractivity contribution is 6.38. The average molecular weight is 337 g/mol. The minimum atomic E-state index is -0.990. The van der Waals surface area contributed by atoms with Crippen LogP contribution in [0.1, 0.15) is 26.5 Å². The molecule has 0 atom stereocenters. The maximum atomic E-state index is 12.2. The number of nitrogens with one attached hydrogen (secondary N) is 1. The summed E-state index contributed by atoms with van der Waals surface area (Å²) < 4.78 is 9.61. The summed E-state index contributed by atoms with van der Waals surface area (Å²) in [5.41, 5.74) is 0.428. The maximum absolute atomic E-state index is 12.2. The van der Waals surface area contributed by atoms with Gasteiger partial charge in [-0.2, -0.15) is 0 Å². The van der Waals surface area contributed by atoms with Crippen LogP contribution in [0.5, 0.6) is 0 Å². The molecule has 1 N–H and O–H groups in total. The summed E-state index contributed by atoms with van der Waals surface area (Å²) in [5.74, 6) is -1.82. The Morgan fingerprint density at radius 2 is 1.96 bits per heavy atom. The molecule has 8 nitrogen and oxygen atoms in total. The summed E-state index contributed by atoms with van der Waals surface area (Å²) in [6.45, 7) is 7.13. The number of rotatable bonds is 4. The maximum Gasteiger partial charge on any atom is 0.407 e. The monoisotopic (exact) mass is 337 g/mol. The third kappa shape index (κ3) is 5.86. The van der Waals surface area contributed by atoms with Crippen LogP contribution in [0, 0.1) is 6.92 Å². The van der Waals surface area contributed by atoms with Gasteiger partial charge in [-0.05, 0) is 39.8 Å². The first-order valence-corrected chi connectivity index (χ1v) is 7.44. The molecule has 0 aliphatic carbocycles. The van der Waals surface area contributed by atoms with E-state index in [-0.39, 0.29) is 13.1 Å². The lowest BCUT2D eigenvalue weighted by Gasteiger charge is -2.24. The van der Waals surface area contributed by atoms with E-state index >= 15 is 0 Å². The number of hydrogen-bond acceptors (Lipinski definition) is 6. The summed E-state index contributed by atoms with van der Waals surface area (Å²) in [5, 5.41) is 2.54. The van der Waals surface area contributed by atoms with E-state index in [4.69, 9.17) is 4.74 Å². The highest BCUT2D eigenvalue weighted by atomic mass is 16.6. The van der Waals surface area contributed by atoms with Gasteiger partial charge in [0.05, 0.1) is 18.5 Å². The first-order chi connectivity index (χ1) is 11.2. The summed E-state index contributed by atoms with van der Waals surface area (Å²) in [7, 11) is 1.13. The number of aryl methyl sites for hydroxylation is 1. The van der Waals surface area contributed by atoms with Crippen LogP contribution in [0.15, 0.2) is 18.3 Å². The first kappa shape index (κ1) is 19.4. The van der Waals surface area contributed by atoms with Crippen LogP contribution in [-0.4, -0.2) is 48.8 Å². The highest BCUT2D eigenvalue weighted by Gasteiger charge is 2.25. The zero-order chi connectivity index (χ0) is 18.3. The number of anilines is 1. The molecule has 1 rings (SSSR count). The predicted molar refractivity (Wildman–Crippen MR) is 87.6 cm³/mol. The van der Waals surface area contributed by atoms with Crippen molar-refractivity contribution in [2.24, 2.45) is 0 Å². The molecule has 0 saturated carbocycles. The summed E-state index contributed by atoms with van der Waals surface area (Å²) in [6.07, 6.45) is 0.981. The van der Waals surface area contributed by atoms with E-state index in [9.17, 15) is 14.4 Å². The van der Waals surface area contributed by atoms with Gasteiger partial charge in [0, 0.05) is 19.3 Å². The lowest BCUT2D eigenvalue weighted by atomic mass is 10.2. The van der Waals surface area contributed by atoms with Crippen molar-refractivity contribution in [1.82, 2.24) is 10.3 Å². The van der Waals surface area contributed by atoms with Crippen molar-refractivity contribution in [3.05, 3.63) is 24.0 Å². The van der Waals surface area contributed by atoms with Gasteiger partial charge in [-0.1, -0.05) is 0 Å². The number of alkyl carbamates (subject to hydrolysis) is 1. The molecule has 0 aromatic carbocycles. The standard InChI is InChI=1S/C16H23N3O5/c1-11-12(7-6-8-17-11)19(13(20)14(21)23-5)10-9-18-15(22)24-16(2,3)4/h6-8H,9-10H2,1-5H3,(H,18,22). The topological polar surface area (TPSA) is 97.8 Å². The lowest BCUT2D eigenvalue weighted by Crippen LogP contribution is -2.43. The fourth-order valence-corrected chi connectivity index (χ4v) is 1.87. The van der Waals surface area contributed by atoms with Crippen LogP contribution in [0.2, 0.25) is 0 Å². The zero-order valence-corrected chi connectivity index (χ0v) is 14.6. The molecule has 1 heterocycles. The number of hydrogen-bond donors (Lipinski definition) is 1. The molecule has 1 aromatic rings. The molecule has 132 valence electrons. The fraction of sp³-hybridized carbons (Fsp3) is 0.500. The van der Waals surface area contributed by atoms with Crippen LogP contribution in [-0.2, 0) is 19.1 Å². The van der Waals surface area contributed by atoms with Gasteiger partial charge in [0.25, 0.3) is 0 Å². The van der Waals surface area contributed by atoms with Gasteiger partial charge in [-0.3, -0.25) is 14.7 Å². The number of carbonyl (C=O) groups is 3. The second-order valence-electron chi connectivity index (χ2n) is 5.98. The zero-order valence-electron chi connectivity index (χ0n) is 14.6. The molecule has 1 aromatic heterocycles. The normalized spacial score (nSPS) is 10.7. The van der Waals surface area contributed by atoms with Crippen LogP contribution < -0.4 is 10.2 Å². The van der Waals surface area contributed by atoms with E-state index in [1.807, 2.05) is 0 Å². The van der Waals surface area contributed by atoms with Crippen LogP contribution in [0.3, 0.4) is 0 Å². The fourth-order valence-electron chi connectivity index (χ4n) is 1.87. The van der Waals surface area contributed by atoms with E-state index in [1.165, 1.54) is 4.90 Å². The van der Waals surface area contributed by atoms with E-state index in [0.29, 0.717) is 11.4 Å². The van der Waals surface area contributed by atoms with Crippen molar-refractivity contribution >= 4 is 23.7 Å². The number of pyridine rings is 1. The van der Waals surface area contributed by atoms with Crippen molar-refractivity contribution in [2.45, 2.75) is 33.3 Å². The molecule has 8 heteroatoms. The van der Waals surface area contributed by atoms with Crippen molar-refractivity contribution < 1.29 is 23.9 Å². The number of amides is 2. The molecule has 0 spiro atoms. The molecule has 0 fully saturated rings. The molecule has 0 bridgehead atoms. The Morgan fingerprint density at radius 3 is 2.50 bits per heavy atom. The van der Waals surface area contributed by atoms with Gasteiger partial charge in [0.2, 0.25) is 0 Å². The van der Waals surface area contributed by atoms with Gasteiger partial charge in [0.15, 0.2) is 0 Å². The average Bonchev–Trinajstić information content (AvgIpc) is 2.49. The van der Waals surface area contributed by atoms with Crippen LogP contribution in [0.4, 0.5) is 10.5 Å². The largest absolute Gasteiger partial charge is 0.462 e. The minimum Gasteiger partial charge on any atom is -0.462 e. The predicted octanol–water partition coefficient (Wildman–Crippen LogP) is 1.42. The summed E-state index contributed by atoms with van der Waals surface area (Å²) >= 11 is 0. The van der Waals surface area contributed by atoms with Crippen molar-refractivity contribution in [3.8, 4) is 0 Å². The Bertz CT molecular complexity index is 610. The SMILES string of the molecule is COC(=O)C(=O)N(CCNC(=O)OC(C)(C)C)c1cccnc1C. The molecular formula is C16H23N3O5. The summed E-state index contributed by atoms with van der Waals surface area (Å²) in [4.78, 5) is 40.8. The molecule has 0 unspecified atom stereocenters. The van der Waals surface area contributed by atoms with Gasteiger partial charge in [-0.25, -0.2) is 9.59 Å². The van der Waals surface area contributed by atoms with E-state index in [0.717, 1.165) is 7.11 Å². The molecule has 0 aliphatic rings. The third-order valence-electron chi connectivity index (χ3n) is 2.88. The number of ether oxygens (including phenoxy) is 2. The van der Waals surface area contributed by atoms with Crippen LogP contribution in [0.25, 0.3) is 0 Å². The molecule has 24 heavy (non-hydrogen) atoms. The number of carbonyl (C=O) groups excluding carboxylic acids is 3. The van der Waals surface area contributed by atoms with E-state index in [1.54, 1.807) is 46.0 Å². The minimum absolute atomic E-state index is 0.0692. The van der Waals surface area contributed by atoms with Crippen molar-refractivity contribution in [1.29, 1.82) is 0 Å². The highest BCUT2D eigenvalue weighted by Crippen LogP contribution is 2.17. The van der Waals surface area contributed by atoms with E-state index in [2.05, 4.69) is 15.0 Å². The summed E-state index contributed by atoms with van der Waals surface area (Å²) in [6, 6.07) is 3.32. The van der Waals surface area contributed by atoms with Gasteiger partial charge in [0.1, 0.15) is 5.60 Å². The molecule has 2 amide bonds. The Morgan fingerprint density at radius 1 is 1.29 bits per heavy atom. The second kappa shape index (κ2) is 8.28. The Balaban J connectivity index is 2.81. The third-order valence-corrected chi connectivity index (χ3v) is 2.88. The Hall–Kier alpha value is -2.64. The Labute approximate surface area is 141 Å².